The van der Waals surface area contributed by atoms with Crippen molar-refractivity contribution >= 4 is 17.7 Å². The minimum atomic E-state index is -1.37. The maximum atomic E-state index is 13.1. The summed E-state index contributed by atoms with van der Waals surface area (Å²) in [6, 6.07) is 7.29. The molecule has 0 saturated carbocycles. The van der Waals surface area contributed by atoms with E-state index in [9.17, 15) is 19.5 Å². The van der Waals surface area contributed by atoms with E-state index in [0.29, 0.717) is 11.3 Å². The van der Waals surface area contributed by atoms with Gasteiger partial charge in [0.05, 0.1) is 14.2 Å². The van der Waals surface area contributed by atoms with Crippen molar-refractivity contribution in [3.05, 3.63) is 41.5 Å². The standard InChI is InChI=1S/C21H20O9/c1-10(22)28-16-7-12(5-6-15(16)27-4)20-21(29-11(2)23)19(25)18-14(24)8-13(26-3)9-17(18)30-20/h5-9,20-21,24H,1-4H3. The van der Waals surface area contributed by atoms with Gasteiger partial charge in [-0.25, -0.2) is 0 Å². The van der Waals surface area contributed by atoms with E-state index in [1.54, 1.807) is 6.07 Å². The molecule has 2 aromatic rings. The first-order valence-electron chi connectivity index (χ1n) is 8.90. The summed E-state index contributed by atoms with van der Waals surface area (Å²) in [5.74, 6) is -1.52. The molecule has 0 radical (unpaired) electrons. The lowest BCUT2D eigenvalue weighted by Crippen LogP contribution is -2.39. The van der Waals surface area contributed by atoms with Crippen LogP contribution in [0.3, 0.4) is 0 Å². The fourth-order valence-electron chi connectivity index (χ4n) is 3.15. The summed E-state index contributed by atoms with van der Waals surface area (Å²) in [4.78, 5) is 36.1. The highest BCUT2D eigenvalue weighted by Gasteiger charge is 2.43. The quantitative estimate of drug-likeness (QED) is 0.579. The third kappa shape index (κ3) is 4.00. The van der Waals surface area contributed by atoms with Crippen molar-refractivity contribution in [1.29, 1.82) is 0 Å². The Labute approximate surface area is 172 Å². The minimum Gasteiger partial charge on any atom is -0.507 e. The molecule has 0 aliphatic carbocycles. The van der Waals surface area contributed by atoms with Crippen LogP contribution in [0.4, 0.5) is 0 Å². The molecule has 0 spiro atoms. The fourth-order valence-corrected chi connectivity index (χ4v) is 3.15. The Balaban J connectivity index is 2.12. The lowest BCUT2D eigenvalue weighted by molar-refractivity contribution is -0.148. The molecule has 0 saturated heterocycles. The number of hydrogen-bond donors (Lipinski definition) is 1. The number of carbonyl (C=O) groups excluding carboxylic acids is 3. The molecule has 30 heavy (non-hydrogen) atoms. The van der Waals surface area contributed by atoms with E-state index >= 15 is 0 Å². The molecule has 2 aromatic carbocycles. The lowest BCUT2D eigenvalue weighted by Gasteiger charge is -2.32. The fraction of sp³-hybridized carbons (Fsp3) is 0.286. The number of aromatic hydroxyl groups is 1. The Morgan fingerprint density at radius 2 is 1.73 bits per heavy atom. The summed E-state index contributed by atoms with van der Waals surface area (Å²) < 4.78 is 26.6. The van der Waals surface area contributed by atoms with E-state index in [1.807, 2.05) is 0 Å². The van der Waals surface area contributed by atoms with Gasteiger partial charge < -0.3 is 28.8 Å². The van der Waals surface area contributed by atoms with Crippen LogP contribution in [0.1, 0.15) is 35.9 Å². The van der Waals surface area contributed by atoms with Crippen molar-refractivity contribution in [2.75, 3.05) is 14.2 Å². The number of esters is 2. The van der Waals surface area contributed by atoms with E-state index in [1.165, 1.54) is 45.4 Å². The zero-order chi connectivity index (χ0) is 22.0. The van der Waals surface area contributed by atoms with Crippen LogP contribution >= 0.6 is 0 Å². The number of benzene rings is 2. The zero-order valence-corrected chi connectivity index (χ0v) is 16.8. The van der Waals surface area contributed by atoms with Crippen LogP contribution in [0.2, 0.25) is 0 Å². The van der Waals surface area contributed by atoms with Crippen molar-refractivity contribution in [2.45, 2.75) is 26.1 Å². The van der Waals surface area contributed by atoms with Gasteiger partial charge >= 0.3 is 11.9 Å². The second kappa shape index (κ2) is 8.32. The van der Waals surface area contributed by atoms with Crippen LogP contribution in [0.25, 0.3) is 0 Å². The van der Waals surface area contributed by atoms with E-state index < -0.39 is 29.9 Å². The van der Waals surface area contributed by atoms with Crippen LogP contribution in [0, 0.1) is 0 Å². The van der Waals surface area contributed by atoms with Gasteiger partial charge in [0, 0.05) is 31.5 Å². The highest BCUT2D eigenvalue weighted by Crippen LogP contribution is 2.44. The summed E-state index contributed by atoms with van der Waals surface area (Å²) in [5, 5.41) is 10.3. The van der Waals surface area contributed by atoms with Crippen molar-refractivity contribution in [3.63, 3.8) is 0 Å². The molecular formula is C21H20O9. The first-order chi connectivity index (χ1) is 14.2. The van der Waals surface area contributed by atoms with Crippen LogP contribution in [-0.2, 0) is 14.3 Å². The normalized spacial score (nSPS) is 17.4. The van der Waals surface area contributed by atoms with E-state index in [2.05, 4.69) is 0 Å². The van der Waals surface area contributed by atoms with Gasteiger partial charge in [0.15, 0.2) is 17.6 Å². The summed E-state index contributed by atoms with van der Waals surface area (Å²) in [6.45, 7) is 2.39. The highest BCUT2D eigenvalue weighted by atomic mass is 16.6. The number of phenolic OH excluding ortho intramolecular Hbond substituents is 1. The van der Waals surface area contributed by atoms with E-state index in [-0.39, 0.29) is 28.6 Å². The second-order valence-electron chi connectivity index (χ2n) is 6.46. The topological polar surface area (TPSA) is 118 Å². The van der Waals surface area contributed by atoms with Crippen LogP contribution in [0.5, 0.6) is 28.7 Å². The molecule has 1 aliphatic heterocycles. The van der Waals surface area contributed by atoms with Gasteiger partial charge in [-0.1, -0.05) is 6.07 Å². The number of ether oxygens (including phenoxy) is 5. The molecule has 0 aromatic heterocycles. The Bertz CT molecular complexity index is 1010. The molecule has 1 N–H and O–H groups in total. The Kier molecular flexibility index (Phi) is 5.81. The summed E-state index contributed by atoms with van der Waals surface area (Å²) >= 11 is 0. The van der Waals surface area contributed by atoms with Crippen molar-refractivity contribution in [1.82, 2.24) is 0 Å². The third-order valence-corrected chi connectivity index (χ3v) is 4.39. The summed E-state index contributed by atoms with van der Waals surface area (Å²) in [7, 11) is 2.81. The third-order valence-electron chi connectivity index (χ3n) is 4.39. The number of Topliss-reactive ketones (excluding diaryl/α,β-unsaturated/α-hetero) is 1. The number of ketones is 1. The van der Waals surface area contributed by atoms with E-state index in [4.69, 9.17) is 23.7 Å². The van der Waals surface area contributed by atoms with Crippen molar-refractivity contribution in [2.24, 2.45) is 0 Å². The molecule has 158 valence electrons. The molecular weight excluding hydrogens is 396 g/mol. The maximum Gasteiger partial charge on any atom is 0.308 e. The smallest absolute Gasteiger partial charge is 0.308 e. The van der Waals surface area contributed by atoms with Gasteiger partial charge in [-0.2, -0.15) is 0 Å². The van der Waals surface area contributed by atoms with Gasteiger partial charge in [0.1, 0.15) is 22.8 Å². The number of methoxy groups -OCH3 is 2. The number of phenols is 1. The van der Waals surface area contributed by atoms with Gasteiger partial charge in [-0.05, 0) is 12.1 Å². The van der Waals surface area contributed by atoms with Crippen molar-refractivity contribution < 1.29 is 43.2 Å². The molecule has 1 aliphatic rings. The largest absolute Gasteiger partial charge is 0.507 e. The highest BCUT2D eigenvalue weighted by molar-refractivity contribution is 6.06. The molecule has 9 nitrogen and oxygen atoms in total. The maximum absolute atomic E-state index is 13.1. The van der Waals surface area contributed by atoms with Crippen LogP contribution < -0.4 is 18.9 Å². The first-order valence-corrected chi connectivity index (χ1v) is 8.90. The van der Waals surface area contributed by atoms with E-state index in [0.717, 1.165) is 6.92 Å². The Morgan fingerprint density at radius 3 is 2.33 bits per heavy atom. The van der Waals surface area contributed by atoms with Crippen LogP contribution in [-0.4, -0.2) is 43.2 Å². The van der Waals surface area contributed by atoms with Gasteiger partial charge in [0.25, 0.3) is 0 Å². The molecule has 0 bridgehead atoms. The van der Waals surface area contributed by atoms with Crippen LogP contribution in [0.15, 0.2) is 30.3 Å². The molecule has 2 unspecified atom stereocenters. The number of hydrogen-bond acceptors (Lipinski definition) is 9. The molecule has 0 amide bonds. The van der Waals surface area contributed by atoms with Crippen molar-refractivity contribution in [3.8, 4) is 28.7 Å². The predicted octanol–water partition coefficient (Wildman–Crippen LogP) is 2.58. The molecule has 3 rings (SSSR count). The molecule has 2 atom stereocenters. The number of rotatable bonds is 5. The Hall–Kier alpha value is -3.75. The first kappa shape index (κ1) is 21.0. The number of carbonyl (C=O) groups is 3. The average Bonchev–Trinajstić information content (AvgIpc) is 2.68. The zero-order valence-electron chi connectivity index (χ0n) is 16.8. The van der Waals surface area contributed by atoms with Gasteiger partial charge in [-0.15, -0.1) is 0 Å². The summed E-state index contributed by atoms with van der Waals surface area (Å²) in [5.41, 5.74) is 0.270. The molecule has 0 fully saturated rings. The van der Waals surface area contributed by atoms with Gasteiger partial charge in [0.2, 0.25) is 11.9 Å². The average molecular weight is 416 g/mol. The summed E-state index contributed by atoms with van der Waals surface area (Å²) in [6.07, 6.45) is -2.44. The Morgan fingerprint density at radius 1 is 1.00 bits per heavy atom. The molecule has 9 heteroatoms. The predicted molar refractivity (Wildman–Crippen MR) is 102 cm³/mol. The second-order valence-corrected chi connectivity index (χ2v) is 6.46. The monoisotopic (exact) mass is 416 g/mol. The molecule has 1 heterocycles. The lowest BCUT2D eigenvalue weighted by atomic mass is 9.92. The SMILES string of the molecule is COc1cc(O)c2c(c1)OC(c1ccc(OC)c(OC(C)=O)c1)C(OC(C)=O)C2=O. The van der Waals surface area contributed by atoms with Gasteiger partial charge in [-0.3, -0.25) is 14.4 Å². The minimum absolute atomic E-state index is 0.0649. The number of fused-ring (bicyclic) bond motifs is 1.